The van der Waals surface area contributed by atoms with Crippen molar-refractivity contribution in [3.8, 4) is 24.7 Å². The van der Waals surface area contributed by atoms with E-state index >= 15 is 0 Å². The highest BCUT2D eigenvalue weighted by Gasteiger charge is 2.46. The van der Waals surface area contributed by atoms with E-state index in [9.17, 15) is 24.0 Å². The molecule has 0 saturated carbocycles. The first-order chi connectivity index (χ1) is 27.5. The maximum absolute atomic E-state index is 11.4. The fourth-order valence-corrected chi connectivity index (χ4v) is 5.87. The van der Waals surface area contributed by atoms with Crippen molar-refractivity contribution in [3.63, 3.8) is 0 Å². The maximum atomic E-state index is 11.4. The van der Waals surface area contributed by atoms with Crippen LogP contribution in [0.2, 0.25) is 0 Å². The molecule has 10 atom stereocenters. The summed E-state index contributed by atoms with van der Waals surface area (Å²) in [6.07, 6.45) is 12.5. The average Bonchev–Trinajstić information content (AvgIpc) is 3.15. The zero-order chi connectivity index (χ0) is 44.0. The van der Waals surface area contributed by atoms with Gasteiger partial charge in [-0.25, -0.2) is 0 Å². The van der Waals surface area contributed by atoms with Crippen molar-refractivity contribution < 1.29 is 76.4 Å². The number of esters is 5. The number of rotatable bonds is 21. The van der Waals surface area contributed by atoms with Crippen molar-refractivity contribution in [1.29, 1.82) is 0 Å². The van der Waals surface area contributed by atoms with Gasteiger partial charge in [-0.1, -0.05) is 66.2 Å². The van der Waals surface area contributed by atoms with Gasteiger partial charge in [0.25, 0.3) is 0 Å². The summed E-state index contributed by atoms with van der Waals surface area (Å²) in [6, 6.07) is 0. The van der Waals surface area contributed by atoms with E-state index in [2.05, 4.69) is 11.8 Å². The summed E-state index contributed by atoms with van der Waals surface area (Å²) in [5.41, 5.74) is 0. The van der Waals surface area contributed by atoms with Crippen molar-refractivity contribution >= 4 is 29.8 Å². The van der Waals surface area contributed by atoms with Gasteiger partial charge < -0.3 is 52.5 Å². The topological polar surface area (TPSA) is 198 Å². The first-order valence-corrected chi connectivity index (χ1v) is 19.8. The molecule has 2 fully saturated rings. The Morgan fingerprint density at radius 1 is 0.542 bits per heavy atom. The highest BCUT2D eigenvalue weighted by Crippen LogP contribution is 2.35. The number of carbonyl (C=O) groups is 5. The fourth-order valence-electron chi connectivity index (χ4n) is 5.87. The maximum Gasteiger partial charge on any atom is 0.305 e. The van der Waals surface area contributed by atoms with Gasteiger partial charge in [-0.05, 0) is 31.1 Å². The van der Waals surface area contributed by atoms with E-state index < -0.39 is 54.8 Å². The van der Waals surface area contributed by atoms with Crippen LogP contribution in [-0.4, -0.2) is 125 Å². The molecule has 2 heterocycles. The van der Waals surface area contributed by atoms with Gasteiger partial charge >= 0.3 is 29.8 Å². The van der Waals surface area contributed by atoms with Gasteiger partial charge in [0.15, 0.2) is 18.5 Å². The first kappa shape index (κ1) is 57.3. The molecule has 10 unspecified atom stereocenters. The van der Waals surface area contributed by atoms with Crippen LogP contribution in [-0.2, 0) is 71.3 Å². The third-order valence-electron chi connectivity index (χ3n) is 9.34. The summed E-state index contributed by atoms with van der Waals surface area (Å²) in [5, 5.41) is 8.49. The van der Waals surface area contributed by atoms with Gasteiger partial charge in [0.1, 0.15) is 26.4 Å². The largest absolute Gasteiger partial charge is 0.463 e. The predicted octanol–water partition coefficient (Wildman–Crippen LogP) is 4.79. The average molecular weight is 845 g/mol. The molecule has 2 rings (SSSR count). The van der Waals surface area contributed by atoms with Gasteiger partial charge in [-0.3, -0.25) is 24.0 Å². The Labute approximate surface area is 352 Å². The zero-order valence-electron chi connectivity index (χ0n) is 35.9. The number of ether oxygens (including phenoxy) is 10. The normalized spacial score (nSPS) is 25.6. The molecular weight excluding hydrogens is 772 g/mol. The zero-order valence-corrected chi connectivity index (χ0v) is 35.9. The molecule has 2 saturated heterocycles. The Balaban J connectivity index is 0. The third kappa shape index (κ3) is 26.1. The minimum absolute atomic E-state index is 0. The second-order valence-corrected chi connectivity index (χ2v) is 14.1. The van der Waals surface area contributed by atoms with E-state index in [1.54, 1.807) is 0 Å². The highest BCUT2D eigenvalue weighted by atomic mass is 16.7. The van der Waals surface area contributed by atoms with Crippen molar-refractivity contribution in [2.45, 2.75) is 145 Å². The van der Waals surface area contributed by atoms with Gasteiger partial charge in [0.2, 0.25) is 6.29 Å². The molecule has 16 heteroatoms. The van der Waals surface area contributed by atoms with Crippen LogP contribution >= 0.6 is 0 Å². The number of aliphatic hydroxyl groups is 1. The molecule has 59 heavy (non-hydrogen) atoms. The molecule has 340 valence electrons. The van der Waals surface area contributed by atoms with E-state index in [0.717, 1.165) is 25.9 Å². The quantitative estimate of drug-likeness (QED) is 0.0716. The Hall–Kier alpha value is -3.77. The number of unbranched alkanes of at least 4 members (excludes halogenated alkanes) is 4. The van der Waals surface area contributed by atoms with E-state index in [-0.39, 0.29) is 63.0 Å². The van der Waals surface area contributed by atoms with E-state index in [0.29, 0.717) is 32.8 Å². The van der Waals surface area contributed by atoms with Crippen LogP contribution in [0.1, 0.15) is 108 Å². The lowest BCUT2D eigenvalue weighted by atomic mass is 9.83. The van der Waals surface area contributed by atoms with Gasteiger partial charge in [-0.15, -0.1) is 12.8 Å². The third-order valence-corrected chi connectivity index (χ3v) is 9.34. The lowest BCUT2D eigenvalue weighted by Gasteiger charge is -2.43. The molecule has 2 aliphatic heterocycles. The Bertz CT molecular complexity index is 1270. The molecule has 0 aromatic rings. The number of carbonyl (C=O) groups excluding carboxylic acids is 5. The first-order valence-electron chi connectivity index (χ1n) is 19.8. The number of hydrogen-bond donors (Lipinski definition) is 1. The Morgan fingerprint density at radius 2 is 0.949 bits per heavy atom. The smallest absolute Gasteiger partial charge is 0.305 e. The van der Waals surface area contributed by atoms with Crippen LogP contribution in [0.3, 0.4) is 0 Å². The van der Waals surface area contributed by atoms with Crippen LogP contribution in [0.25, 0.3) is 0 Å². The molecule has 0 bridgehead atoms. The summed E-state index contributed by atoms with van der Waals surface area (Å²) >= 11 is 0. The van der Waals surface area contributed by atoms with Crippen molar-refractivity contribution in [3.05, 3.63) is 0 Å². The fraction of sp³-hybridized carbons (Fsp3) is 0.791. The van der Waals surface area contributed by atoms with Crippen LogP contribution < -0.4 is 0 Å². The lowest BCUT2D eigenvalue weighted by Crippen LogP contribution is -2.53. The minimum Gasteiger partial charge on any atom is -0.463 e. The molecule has 1 N–H and O–H groups in total. The molecule has 0 aromatic carbocycles. The molecule has 0 spiro atoms. The predicted molar refractivity (Wildman–Crippen MR) is 217 cm³/mol. The number of terminal acetylenes is 2. The van der Waals surface area contributed by atoms with Gasteiger partial charge in [0.05, 0.1) is 25.4 Å². The standard InChI is InChI=1S/C18H28O7.C14H22O7.C10H18O2.CH4/c1-6-8-21-9-7-10-22-18-17(24-15(5)20)13(3)12(2)16(25-18)11-23-14(4)19;1-7-8(2)13(19-10(4)16)14(20-11(5)17)21-12(7)6-18-9(3)15;1-2-9-12-10-7-5-3-4-6-8-11;/h1,12-13,16-18H,7-11H2,2-5H3;7-8,12-14H,6H2,1-5H3;1,11H,3-10H2;1H4. The van der Waals surface area contributed by atoms with E-state index in [1.165, 1.54) is 47.5 Å². The van der Waals surface area contributed by atoms with Gasteiger partial charge in [0, 0.05) is 59.7 Å². The molecule has 0 radical (unpaired) electrons. The van der Waals surface area contributed by atoms with Crippen molar-refractivity contribution in [2.24, 2.45) is 23.7 Å². The van der Waals surface area contributed by atoms with Crippen molar-refractivity contribution in [2.75, 3.05) is 52.9 Å². The Morgan fingerprint density at radius 3 is 1.37 bits per heavy atom. The Kier molecular flexibility index (Phi) is 33.0. The number of hydrogen-bond acceptors (Lipinski definition) is 16. The summed E-state index contributed by atoms with van der Waals surface area (Å²) in [7, 11) is 0. The minimum atomic E-state index is -1.00. The summed E-state index contributed by atoms with van der Waals surface area (Å²) < 4.78 is 53.3. The number of aliphatic hydroxyl groups excluding tert-OH is 1. The summed E-state index contributed by atoms with van der Waals surface area (Å²) in [4.78, 5) is 55.8. The molecule has 2 aliphatic rings. The molecule has 0 aromatic heterocycles. The van der Waals surface area contributed by atoms with E-state index in [1.807, 2.05) is 27.7 Å². The summed E-state index contributed by atoms with van der Waals surface area (Å²) in [6.45, 7) is 17.1. The van der Waals surface area contributed by atoms with Crippen LogP contribution in [0.15, 0.2) is 0 Å². The van der Waals surface area contributed by atoms with Crippen LogP contribution in [0, 0.1) is 48.4 Å². The summed E-state index contributed by atoms with van der Waals surface area (Å²) in [5.74, 6) is 2.49. The highest BCUT2D eigenvalue weighted by molar-refractivity contribution is 5.67. The SMILES string of the molecule is C.C#CCOCCCCCCCO.C#CCOCCCOC1OC(COC(C)=O)C(C)C(C)C1OC(C)=O.CC(=O)OCC1OC(OC(C)=O)C(OC(C)=O)C(C)C1C. The lowest BCUT2D eigenvalue weighted by molar-refractivity contribution is -0.280. The molecule has 0 aliphatic carbocycles. The van der Waals surface area contributed by atoms with E-state index in [4.69, 9.17) is 65.3 Å². The molecule has 0 amide bonds. The molecular formula is C43H72O16. The van der Waals surface area contributed by atoms with Crippen LogP contribution in [0.5, 0.6) is 0 Å². The monoisotopic (exact) mass is 844 g/mol. The van der Waals surface area contributed by atoms with Gasteiger partial charge in [-0.2, -0.15) is 0 Å². The second kappa shape index (κ2) is 34.0. The molecule has 16 nitrogen and oxygen atoms in total. The van der Waals surface area contributed by atoms with Crippen molar-refractivity contribution in [1.82, 2.24) is 0 Å². The van der Waals surface area contributed by atoms with Crippen LogP contribution in [0.4, 0.5) is 0 Å². The second-order valence-electron chi connectivity index (χ2n) is 14.1.